The van der Waals surface area contributed by atoms with Crippen molar-refractivity contribution in [2.75, 3.05) is 13.2 Å². The van der Waals surface area contributed by atoms with E-state index in [2.05, 4.69) is 23.3 Å². The number of amides is 1. The lowest BCUT2D eigenvalue weighted by atomic mass is 10.2. The number of hydrogen-bond donors (Lipinski definition) is 2. The fraction of sp³-hybridized carbons (Fsp3) is 0.400. The SMILES string of the molecule is C=CCNC(=O)COc1cccc(CNC2CC2)c1. The number of hydrogen-bond acceptors (Lipinski definition) is 3. The molecule has 0 spiro atoms. The normalized spacial score (nSPS) is 13.9. The number of carbonyl (C=O) groups is 1. The maximum absolute atomic E-state index is 11.4. The van der Waals surface area contributed by atoms with Crippen molar-refractivity contribution in [3.63, 3.8) is 0 Å². The molecule has 19 heavy (non-hydrogen) atoms. The van der Waals surface area contributed by atoms with Crippen molar-refractivity contribution in [2.24, 2.45) is 0 Å². The van der Waals surface area contributed by atoms with Gasteiger partial charge in [0.25, 0.3) is 5.91 Å². The van der Waals surface area contributed by atoms with E-state index in [-0.39, 0.29) is 12.5 Å². The molecule has 0 atom stereocenters. The van der Waals surface area contributed by atoms with Crippen LogP contribution in [0.5, 0.6) is 5.75 Å². The Morgan fingerprint density at radius 2 is 2.32 bits per heavy atom. The minimum absolute atomic E-state index is 0.0351. The molecule has 2 rings (SSSR count). The molecular weight excluding hydrogens is 240 g/mol. The van der Waals surface area contributed by atoms with E-state index in [0.29, 0.717) is 12.6 Å². The number of rotatable bonds is 8. The Bertz CT molecular complexity index is 442. The largest absolute Gasteiger partial charge is 0.484 e. The highest BCUT2D eigenvalue weighted by molar-refractivity contribution is 5.77. The Kier molecular flexibility index (Phi) is 4.98. The molecular formula is C15H20N2O2. The predicted molar refractivity (Wildman–Crippen MR) is 75.0 cm³/mol. The van der Waals surface area contributed by atoms with Gasteiger partial charge in [0.15, 0.2) is 6.61 Å². The third kappa shape index (κ3) is 5.14. The van der Waals surface area contributed by atoms with Gasteiger partial charge in [0.05, 0.1) is 0 Å². The summed E-state index contributed by atoms with van der Waals surface area (Å²) in [5.41, 5.74) is 1.18. The first-order valence-electron chi connectivity index (χ1n) is 6.60. The molecule has 0 unspecified atom stereocenters. The number of ether oxygens (including phenoxy) is 1. The van der Waals surface area contributed by atoms with E-state index in [0.717, 1.165) is 12.3 Å². The molecule has 4 nitrogen and oxygen atoms in total. The summed E-state index contributed by atoms with van der Waals surface area (Å²) in [7, 11) is 0. The van der Waals surface area contributed by atoms with Crippen molar-refractivity contribution in [2.45, 2.75) is 25.4 Å². The summed E-state index contributed by atoms with van der Waals surface area (Å²) < 4.78 is 5.45. The van der Waals surface area contributed by atoms with Gasteiger partial charge in [-0.3, -0.25) is 4.79 Å². The lowest BCUT2D eigenvalue weighted by Gasteiger charge is -2.08. The van der Waals surface area contributed by atoms with Crippen LogP contribution in [0.1, 0.15) is 18.4 Å². The van der Waals surface area contributed by atoms with E-state index in [4.69, 9.17) is 4.74 Å². The smallest absolute Gasteiger partial charge is 0.258 e. The van der Waals surface area contributed by atoms with Gasteiger partial charge in [0.2, 0.25) is 0 Å². The molecule has 0 saturated heterocycles. The van der Waals surface area contributed by atoms with Gasteiger partial charge in [-0.1, -0.05) is 18.2 Å². The molecule has 0 radical (unpaired) electrons. The lowest BCUT2D eigenvalue weighted by Crippen LogP contribution is -2.28. The van der Waals surface area contributed by atoms with Crippen molar-refractivity contribution in [3.8, 4) is 5.75 Å². The van der Waals surface area contributed by atoms with Gasteiger partial charge in [-0.15, -0.1) is 6.58 Å². The first-order chi connectivity index (χ1) is 9.28. The Morgan fingerprint density at radius 1 is 1.47 bits per heavy atom. The molecule has 102 valence electrons. The summed E-state index contributed by atoms with van der Waals surface area (Å²) in [6, 6.07) is 8.52. The quantitative estimate of drug-likeness (QED) is 0.698. The predicted octanol–water partition coefficient (Wildman–Crippen LogP) is 1.62. The van der Waals surface area contributed by atoms with Crippen molar-refractivity contribution in [1.29, 1.82) is 0 Å². The average Bonchev–Trinajstić information content (AvgIpc) is 3.25. The van der Waals surface area contributed by atoms with E-state index in [1.165, 1.54) is 18.4 Å². The van der Waals surface area contributed by atoms with Crippen LogP contribution in [-0.2, 0) is 11.3 Å². The first-order valence-corrected chi connectivity index (χ1v) is 6.60. The second-order valence-electron chi connectivity index (χ2n) is 4.68. The van der Waals surface area contributed by atoms with Crippen LogP contribution in [0.4, 0.5) is 0 Å². The maximum Gasteiger partial charge on any atom is 0.258 e. The highest BCUT2D eigenvalue weighted by atomic mass is 16.5. The van der Waals surface area contributed by atoms with E-state index in [9.17, 15) is 4.79 Å². The van der Waals surface area contributed by atoms with E-state index in [1.807, 2.05) is 18.2 Å². The second-order valence-corrected chi connectivity index (χ2v) is 4.68. The summed E-state index contributed by atoms with van der Waals surface area (Å²) in [5.74, 6) is 0.588. The number of benzene rings is 1. The molecule has 0 aromatic heterocycles. The van der Waals surface area contributed by atoms with Gasteiger partial charge >= 0.3 is 0 Å². The third-order valence-electron chi connectivity index (χ3n) is 2.88. The Hall–Kier alpha value is -1.81. The molecule has 1 aliphatic carbocycles. The molecule has 4 heteroatoms. The zero-order chi connectivity index (χ0) is 13.5. The van der Waals surface area contributed by atoms with Crippen LogP contribution >= 0.6 is 0 Å². The van der Waals surface area contributed by atoms with E-state index in [1.54, 1.807) is 6.08 Å². The highest BCUT2D eigenvalue weighted by Gasteiger charge is 2.19. The van der Waals surface area contributed by atoms with E-state index >= 15 is 0 Å². The molecule has 1 aliphatic rings. The Labute approximate surface area is 113 Å². The van der Waals surface area contributed by atoms with Crippen LogP contribution < -0.4 is 15.4 Å². The molecule has 1 saturated carbocycles. The summed E-state index contributed by atoms with van der Waals surface area (Å²) in [5, 5.41) is 6.12. The zero-order valence-electron chi connectivity index (χ0n) is 11.0. The summed E-state index contributed by atoms with van der Waals surface area (Å²) in [4.78, 5) is 11.4. The van der Waals surface area contributed by atoms with Crippen LogP contribution in [0.3, 0.4) is 0 Å². The topological polar surface area (TPSA) is 50.4 Å². The van der Waals surface area contributed by atoms with Gasteiger partial charge < -0.3 is 15.4 Å². The summed E-state index contributed by atoms with van der Waals surface area (Å²) in [6.07, 6.45) is 4.20. The van der Waals surface area contributed by atoms with Crippen molar-refractivity contribution >= 4 is 5.91 Å². The average molecular weight is 260 g/mol. The van der Waals surface area contributed by atoms with Crippen LogP contribution in [0.25, 0.3) is 0 Å². The van der Waals surface area contributed by atoms with Crippen molar-refractivity contribution < 1.29 is 9.53 Å². The van der Waals surface area contributed by atoms with Crippen LogP contribution in [-0.4, -0.2) is 25.1 Å². The Morgan fingerprint density at radius 3 is 3.05 bits per heavy atom. The third-order valence-corrected chi connectivity index (χ3v) is 2.88. The minimum atomic E-state index is -0.138. The fourth-order valence-corrected chi connectivity index (χ4v) is 1.68. The zero-order valence-corrected chi connectivity index (χ0v) is 11.0. The standard InChI is InChI=1S/C15H20N2O2/c1-2-8-16-15(18)11-19-14-5-3-4-12(9-14)10-17-13-6-7-13/h2-5,9,13,17H,1,6-8,10-11H2,(H,16,18). The van der Waals surface area contributed by atoms with Crippen LogP contribution in [0, 0.1) is 0 Å². The molecule has 1 aromatic rings. The molecule has 0 aliphatic heterocycles. The first kappa shape index (κ1) is 13.6. The monoisotopic (exact) mass is 260 g/mol. The fourth-order valence-electron chi connectivity index (χ4n) is 1.68. The van der Waals surface area contributed by atoms with Gasteiger partial charge in [-0.25, -0.2) is 0 Å². The van der Waals surface area contributed by atoms with E-state index < -0.39 is 0 Å². The van der Waals surface area contributed by atoms with Gasteiger partial charge in [0, 0.05) is 19.1 Å². The number of carbonyl (C=O) groups excluding carboxylic acids is 1. The highest BCUT2D eigenvalue weighted by Crippen LogP contribution is 2.20. The van der Waals surface area contributed by atoms with Crippen LogP contribution in [0.2, 0.25) is 0 Å². The maximum atomic E-state index is 11.4. The van der Waals surface area contributed by atoms with Crippen LogP contribution in [0.15, 0.2) is 36.9 Å². The summed E-state index contributed by atoms with van der Waals surface area (Å²) in [6.45, 7) is 4.89. The lowest BCUT2D eigenvalue weighted by molar-refractivity contribution is -0.122. The van der Waals surface area contributed by atoms with Gasteiger partial charge in [-0.2, -0.15) is 0 Å². The van der Waals surface area contributed by atoms with Crippen molar-refractivity contribution in [1.82, 2.24) is 10.6 Å². The molecule has 0 bridgehead atoms. The minimum Gasteiger partial charge on any atom is -0.484 e. The van der Waals surface area contributed by atoms with Gasteiger partial charge in [0.1, 0.15) is 5.75 Å². The van der Waals surface area contributed by atoms with Crippen molar-refractivity contribution in [3.05, 3.63) is 42.5 Å². The molecule has 1 fully saturated rings. The second kappa shape index (κ2) is 6.95. The molecule has 1 aromatic carbocycles. The number of nitrogens with one attached hydrogen (secondary N) is 2. The molecule has 1 amide bonds. The Balaban J connectivity index is 1.77. The molecule has 2 N–H and O–H groups in total. The van der Waals surface area contributed by atoms with Gasteiger partial charge in [-0.05, 0) is 30.5 Å². The summed E-state index contributed by atoms with van der Waals surface area (Å²) >= 11 is 0. The molecule has 0 heterocycles.